The normalized spacial score (nSPS) is 15.5. The van der Waals surface area contributed by atoms with Crippen LogP contribution >= 0.6 is 0 Å². The number of aryl methyl sites for hydroxylation is 2. The first-order valence-corrected chi connectivity index (χ1v) is 8.40. The molecule has 6 heteroatoms. The van der Waals surface area contributed by atoms with Crippen molar-refractivity contribution in [3.8, 4) is 0 Å². The predicted octanol–water partition coefficient (Wildman–Crippen LogP) is 1.27. The molecule has 20 heavy (non-hydrogen) atoms. The molecule has 1 aliphatic rings. The topological polar surface area (TPSA) is 66.6 Å². The van der Waals surface area contributed by atoms with E-state index in [1.807, 2.05) is 19.1 Å². The molecule has 1 aromatic rings. The zero-order valence-electron chi connectivity index (χ0n) is 12.2. The molecule has 0 saturated carbocycles. The summed E-state index contributed by atoms with van der Waals surface area (Å²) in [6, 6.07) is 5.96. The lowest BCUT2D eigenvalue weighted by Gasteiger charge is -2.33. The second kappa shape index (κ2) is 6.11. The minimum Gasteiger partial charge on any atom is -0.330 e. The Bertz CT molecular complexity index is 572. The fraction of sp³-hybridized carbons (Fsp3) is 0.571. The standard InChI is InChI=1S/C14H23N3O2S/c1-12-6-7-14-13(11-12)5-3-10-17(14)20(18,19)16(2)9-4-8-15/h6-7,11H,3-5,8-10,15H2,1-2H3. The maximum absolute atomic E-state index is 12.7. The molecule has 0 aliphatic carbocycles. The summed E-state index contributed by atoms with van der Waals surface area (Å²) >= 11 is 0. The summed E-state index contributed by atoms with van der Waals surface area (Å²) in [5, 5.41) is 0. The Morgan fingerprint density at radius 1 is 1.40 bits per heavy atom. The second-order valence-corrected chi connectivity index (χ2v) is 7.24. The van der Waals surface area contributed by atoms with Gasteiger partial charge < -0.3 is 5.73 Å². The number of nitrogens with zero attached hydrogens (tertiary/aromatic N) is 2. The van der Waals surface area contributed by atoms with Crippen molar-refractivity contribution in [2.45, 2.75) is 26.2 Å². The molecule has 0 saturated heterocycles. The lowest BCUT2D eigenvalue weighted by Crippen LogP contribution is -2.45. The Hall–Kier alpha value is -1.11. The third kappa shape index (κ3) is 2.97. The highest BCUT2D eigenvalue weighted by Gasteiger charge is 2.30. The van der Waals surface area contributed by atoms with Gasteiger partial charge in [-0.1, -0.05) is 17.7 Å². The van der Waals surface area contributed by atoms with Gasteiger partial charge in [0.1, 0.15) is 0 Å². The zero-order valence-corrected chi connectivity index (χ0v) is 13.0. The van der Waals surface area contributed by atoms with Gasteiger partial charge in [-0.05, 0) is 44.4 Å². The van der Waals surface area contributed by atoms with Crippen molar-refractivity contribution in [2.75, 3.05) is 31.0 Å². The van der Waals surface area contributed by atoms with E-state index in [2.05, 4.69) is 6.07 Å². The third-order valence-corrected chi connectivity index (χ3v) is 5.57. The van der Waals surface area contributed by atoms with E-state index in [4.69, 9.17) is 5.73 Å². The van der Waals surface area contributed by atoms with Crippen molar-refractivity contribution in [3.05, 3.63) is 29.3 Å². The highest BCUT2D eigenvalue weighted by Crippen LogP contribution is 2.30. The highest BCUT2D eigenvalue weighted by atomic mass is 32.2. The van der Waals surface area contributed by atoms with Gasteiger partial charge in [0.15, 0.2) is 0 Å². The summed E-state index contributed by atoms with van der Waals surface area (Å²) in [5.74, 6) is 0. The lowest BCUT2D eigenvalue weighted by molar-refractivity contribution is 0.458. The number of fused-ring (bicyclic) bond motifs is 1. The van der Waals surface area contributed by atoms with Crippen LogP contribution in [0.2, 0.25) is 0 Å². The molecule has 112 valence electrons. The van der Waals surface area contributed by atoms with Crippen LogP contribution in [0.15, 0.2) is 18.2 Å². The molecule has 1 aromatic carbocycles. The number of anilines is 1. The number of benzene rings is 1. The minimum absolute atomic E-state index is 0.455. The predicted molar refractivity (Wildman–Crippen MR) is 82.1 cm³/mol. The van der Waals surface area contributed by atoms with Crippen LogP contribution in [0.1, 0.15) is 24.0 Å². The SMILES string of the molecule is Cc1ccc2c(c1)CCCN2S(=O)(=O)N(C)CCCN. The van der Waals surface area contributed by atoms with Crippen molar-refractivity contribution in [1.29, 1.82) is 0 Å². The van der Waals surface area contributed by atoms with Crippen LogP contribution in [-0.2, 0) is 16.6 Å². The van der Waals surface area contributed by atoms with Gasteiger partial charge in [0.2, 0.25) is 0 Å². The molecule has 0 amide bonds. The molecule has 0 fully saturated rings. The van der Waals surface area contributed by atoms with E-state index in [0.717, 1.165) is 24.1 Å². The van der Waals surface area contributed by atoms with Gasteiger partial charge in [-0.25, -0.2) is 0 Å². The van der Waals surface area contributed by atoms with E-state index >= 15 is 0 Å². The van der Waals surface area contributed by atoms with Gasteiger partial charge in [0.25, 0.3) is 0 Å². The average Bonchev–Trinajstić information content (AvgIpc) is 2.43. The first-order valence-electron chi connectivity index (χ1n) is 7.00. The van der Waals surface area contributed by atoms with Gasteiger partial charge in [0, 0.05) is 20.1 Å². The third-order valence-electron chi connectivity index (χ3n) is 3.66. The van der Waals surface area contributed by atoms with Crippen molar-refractivity contribution in [3.63, 3.8) is 0 Å². The molecule has 2 N–H and O–H groups in total. The van der Waals surface area contributed by atoms with Gasteiger partial charge >= 0.3 is 10.2 Å². The fourth-order valence-electron chi connectivity index (χ4n) is 2.53. The maximum Gasteiger partial charge on any atom is 0.303 e. The largest absolute Gasteiger partial charge is 0.330 e. The van der Waals surface area contributed by atoms with Crippen LogP contribution in [0, 0.1) is 6.92 Å². The van der Waals surface area contributed by atoms with Crippen LogP contribution < -0.4 is 10.0 Å². The van der Waals surface area contributed by atoms with E-state index in [1.165, 1.54) is 14.2 Å². The quantitative estimate of drug-likeness (QED) is 0.890. The molecular formula is C14H23N3O2S. The lowest BCUT2D eigenvalue weighted by atomic mass is 10.0. The number of nitrogens with two attached hydrogens (primary N) is 1. The summed E-state index contributed by atoms with van der Waals surface area (Å²) in [7, 11) is -1.83. The molecule has 0 aromatic heterocycles. The van der Waals surface area contributed by atoms with Gasteiger partial charge in [0.05, 0.1) is 5.69 Å². The summed E-state index contributed by atoms with van der Waals surface area (Å²) in [6.07, 6.45) is 2.47. The summed E-state index contributed by atoms with van der Waals surface area (Å²) in [4.78, 5) is 0. The van der Waals surface area contributed by atoms with E-state index in [1.54, 1.807) is 7.05 Å². The molecule has 2 rings (SSSR count). The van der Waals surface area contributed by atoms with E-state index < -0.39 is 10.2 Å². The summed E-state index contributed by atoms with van der Waals surface area (Å²) in [6.45, 7) is 3.53. The van der Waals surface area contributed by atoms with Crippen LogP contribution in [-0.4, -0.2) is 39.4 Å². The Kier molecular flexibility index (Phi) is 4.67. The highest BCUT2D eigenvalue weighted by molar-refractivity contribution is 7.90. The van der Waals surface area contributed by atoms with E-state index in [0.29, 0.717) is 26.1 Å². The van der Waals surface area contributed by atoms with Crippen molar-refractivity contribution in [1.82, 2.24) is 4.31 Å². The molecular weight excluding hydrogens is 274 g/mol. The van der Waals surface area contributed by atoms with Crippen molar-refractivity contribution >= 4 is 15.9 Å². The molecule has 0 spiro atoms. The number of hydrogen-bond donors (Lipinski definition) is 1. The van der Waals surface area contributed by atoms with Crippen molar-refractivity contribution < 1.29 is 8.42 Å². The Morgan fingerprint density at radius 2 is 2.15 bits per heavy atom. The maximum atomic E-state index is 12.7. The van der Waals surface area contributed by atoms with Crippen LogP contribution in [0.4, 0.5) is 5.69 Å². The van der Waals surface area contributed by atoms with Crippen LogP contribution in [0.25, 0.3) is 0 Å². The zero-order chi connectivity index (χ0) is 14.8. The van der Waals surface area contributed by atoms with Crippen LogP contribution in [0.3, 0.4) is 0 Å². The van der Waals surface area contributed by atoms with E-state index in [-0.39, 0.29) is 0 Å². The first kappa shape index (κ1) is 15.3. The first-order chi connectivity index (χ1) is 9.46. The molecule has 0 atom stereocenters. The minimum atomic E-state index is -3.45. The summed E-state index contributed by atoms with van der Waals surface area (Å²) in [5.41, 5.74) is 8.56. The number of hydrogen-bond acceptors (Lipinski definition) is 3. The molecule has 1 aliphatic heterocycles. The molecule has 0 radical (unpaired) electrons. The number of rotatable bonds is 5. The average molecular weight is 297 g/mol. The van der Waals surface area contributed by atoms with Crippen molar-refractivity contribution in [2.24, 2.45) is 5.73 Å². The van der Waals surface area contributed by atoms with Gasteiger partial charge in [-0.15, -0.1) is 0 Å². The second-order valence-electron chi connectivity index (χ2n) is 5.28. The van der Waals surface area contributed by atoms with E-state index in [9.17, 15) is 8.42 Å². The molecule has 0 bridgehead atoms. The Morgan fingerprint density at radius 3 is 2.85 bits per heavy atom. The van der Waals surface area contributed by atoms with Gasteiger partial charge in [-0.2, -0.15) is 12.7 Å². The van der Waals surface area contributed by atoms with Crippen LogP contribution in [0.5, 0.6) is 0 Å². The molecule has 5 nitrogen and oxygen atoms in total. The molecule has 1 heterocycles. The molecule has 0 unspecified atom stereocenters. The summed E-state index contributed by atoms with van der Waals surface area (Å²) < 4.78 is 28.2. The Labute approximate surface area is 121 Å². The van der Waals surface area contributed by atoms with Gasteiger partial charge in [-0.3, -0.25) is 4.31 Å². The monoisotopic (exact) mass is 297 g/mol. The smallest absolute Gasteiger partial charge is 0.303 e. The fourth-order valence-corrected chi connectivity index (χ4v) is 4.01. The Balaban J connectivity index is 2.30.